The summed E-state index contributed by atoms with van der Waals surface area (Å²) in [6.45, 7) is 3.76. The SMILES string of the molecule is Cc1ccc(C(=O)c2ccc(C)cc2C(=O)c2ccccc2)c(C(=O)c2ccccc2)c1. The van der Waals surface area contributed by atoms with Crippen LogP contribution in [0.5, 0.6) is 0 Å². The molecule has 0 amide bonds. The molecule has 0 saturated heterocycles. The summed E-state index contributed by atoms with van der Waals surface area (Å²) in [4.78, 5) is 40.1. The predicted octanol–water partition coefficient (Wildman–Crippen LogP) is 6.00. The largest absolute Gasteiger partial charge is 0.289 e. The van der Waals surface area contributed by atoms with Gasteiger partial charge in [-0.05, 0) is 26.0 Å². The third-order valence-corrected chi connectivity index (χ3v) is 5.40. The van der Waals surface area contributed by atoms with Crippen LogP contribution < -0.4 is 0 Å². The van der Waals surface area contributed by atoms with E-state index in [9.17, 15) is 14.4 Å². The second kappa shape index (κ2) is 8.94. The lowest BCUT2D eigenvalue weighted by Crippen LogP contribution is -2.15. The van der Waals surface area contributed by atoms with E-state index in [0.29, 0.717) is 22.3 Å². The summed E-state index contributed by atoms with van der Waals surface area (Å²) in [5.41, 5.74) is 4.02. The Morgan fingerprint density at radius 1 is 0.438 bits per heavy atom. The molecule has 0 aliphatic heterocycles. The van der Waals surface area contributed by atoms with Crippen molar-refractivity contribution in [1.29, 1.82) is 0 Å². The van der Waals surface area contributed by atoms with E-state index in [2.05, 4.69) is 0 Å². The quantitative estimate of drug-likeness (QED) is 0.361. The van der Waals surface area contributed by atoms with Gasteiger partial charge >= 0.3 is 0 Å². The number of rotatable bonds is 6. The molecule has 32 heavy (non-hydrogen) atoms. The van der Waals surface area contributed by atoms with Crippen molar-refractivity contribution in [3.8, 4) is 0 Å². The minimum absolute atomic E-state index is 0.222. The van der Waals surface area contributed by atoms with Gasteiger partial charge in [-0.1, -0.05) is 96.1 Å². The fourth-order valence-electron chi connectivity index (χ4n) is 3.72. The molecule has 156 valence electrons. The van der Waals surface area contributed by atoms with Crippen molar-refractivity contribution in [2.45, 2.75) is 13.8 Å². The van der Waals surface area contributed by atoms with Gasteiger partial charge in [-0.15, -0.1) is 0 Å². The maximum atomic E-state index is 13.7. The van der Waals surface area contributed by atoms with Crippen LogP contribution in [0.25, 0.3) is 0 Å². The molecule has 4 aromatic rings. The first-order valence-corrected chi connectivity index (χ1v) is 10.4. The zero-order valence-electron chi connectivity index (χ0n) is 18.0. The lowest BCUT2D eigenvalue weighted by atomic mass is 9.88. The molecule has 3 nitrogen and oxygen atoms in total. The van der Waals surface area contributed by atoms with E-state index in [-0.39, 0.29) is 28.5 Å². The van der Waals surface area contributed by atoms with E-state index in [4.69, 9.17) is 0 Å². The third kappa shape index (κ3) is 4.19. The standard InChI is InChI=1S/C29H22O3/c1-19-13-15-23(25(17-19)27(30)21-9-5-3-6-10-21)29(32)24-16-14-20(2)18-26(24)28(31)22-11-7-4-8-12-22/h3-18H,1-2H3. The smallest absolute Gasteiger partial charge is 0.194 e. The van der Waals surface area contributed by atoms with Crippen molar-refractivity contribution in [2.75, 3.05) is 0 Å². The molecular formula is C29H22O3. The van der Waals surface area contributed by atoms with Crippen LogP contribution in [-0.4, -0.2) is 17.3 Å². The van der Waals surface area contributed by atoms with Gasteiger partial charge < -0.3 is 0 Å². The molecule has 0 heterocycles. The van der Waals surface area contributed by atoms with Crippen LogP contribution in [0.4, 0.5) is 0 Å². The van der Waals surface area contributed by atoms with Gasteiger partial charge in [0.25, 0.3) is 0 Å². The normalized spacial score (nSPS) is 10.6. The number of hydrogen-bond donors (Lipinski definition) is 0. The van der Waals surface area contributed by atoms with Gasteiger partial charge in [0, 0.05) is 33.4 Å². The second-order valence-corrected chi connectivity index (χ2v) is 7.82. The Bertz CT molecular complexity index is 1220. The molecule has 0 radical (unpaired) electrons. The first-order chi connectivity index (χ1) is 15.5. The Morgan fingerprint density at radius 3 is 1.19 bits per heavy atom. The molecule has 0 fully saturated rings. The van der Waals surface area contributed by atoms with Crippen molar-refractivity contribution >= 4 is 17.3 Å². The molecule has 0 aromatic heterocycles. The summed E-state index contributed by atoms with van der Waals surface area (Å²) in [5, 5.41) is 0. The Balaban J connectivity index is 1.83. The van der Waals surface area contributed by atoms with E-state index >= 15 is 0 Å². The van der Waals surface area contributed by atoms with Gasteiger partial charge in [-0.2, -0.15) is 0 Å². The average Bonchev–Trinajstić information content (AvgIpc) is 2.83. The fourth-order valence-corrected chi connectivity index (χ4v) is 3.72. The molecule has 0 aliphatic carbocycles. The molecule has 0 saturated carbocycles. The zero-order valence-corrected chi connectivity index (χ0v) is 18.0. The first kappa shape index (κ1) is 21.1. The van der Waals surface area contributed by atoms with Crippen LogP contribution in [0.2, 0.25) is 0 Å². The van der Waals surface area contributed by atoms with Crippen LogP contribution in [0.3, 0.4) is 0 Å². The Labute approximate surface area is 187 Å². The van der Waals surface area contributed by atoms with E-state index in [1.165, 1.54) is 0 Å². The van der Waals surface area contributed by atoms with Gasteiger partial charge in [0.1, 0.15) is 0 Å². The topological polar surface area (TPSA) is 51.2 Å². The molecule has 4 rings (SSSR count). The van der Waals surface area contributed by atoms with Gasteiger partial charge in [0.2, 0.25) is 0 Å². The minimum Gasteiger partial charge on any atom is -0.289 e. The number of carbonyl (C=O) groups excluding carboxylic acids is 3. The van der Waals surface area contributed by atoms with Crippen molar-refractivity contribution in [3.05, 3.63) is 142 Å². The van der Waals surface area contributed by atoms with Crippen molar-refractivity contribution in [1.82, 2.24) is 0 Å². The van der Waals surface area contributed by atoms with Crippen LogP contribution in [0.15, 0.2) is 97.1 Å². The zero-order chi connectivity index (χ0) is 22.7. The third-order valence-electron chi connectivity index (χ3n) is 5.40. The van der Waals surface area contributed by atoms with E-state index in [0.717, 1.165) is 11.1 Å². The minimum atomic E-state index is -0.344. The molecular weight excluding hydrogens is 396 g/mol. The van der Waals surface area contributed by atoms with Gasteiger partial charge in [0.15, 0.2) is 17.3 Å². The summed E-state index contributed by atoms with van der Waals surface area (Å²) < 4.78 is 0. The molecule has 0 aliphatic rings. The van der Waals surface area contributed by atoms with Crippen LogP contribution in [0.1, 0.15) is 58.9 Å². The van der Waals surface area contributed by atoms with Crippen LogP contribution in [-0.2, 0) is 0 Å². The molecule has 0 unspecified atom stereocenters. The molecule has 4 aromatic carbocycles. The summed E-state index contributed by atoms with van der Waals surface area (Å²) in [6.07, 6.45) is 0. The number of benzene rings is 4. The highest BCUT2D eigenvalue weighted by Gasteiger charge is 2.24. The van der Waals surface area contributed by atoms with E-state index < -0.39 is 0 Å². The van der Waals surface area contributed by atoms with E-state index in [1.807, 2.05) is 38.1 Å². The van der Waals surface area contributed by atoms with Crippen molar-refractivity contribution < 1.29 is 14.4 Å². The monoisotopic (exact) mass is 418 g/mol. The number of hydrogen-bond acceptors (Lipinski definition) is 3. The Kier molecular flexibility index (Phi) is 5.91. The van der Waals surface area contributed by atoms with Crippen LogP contribution in [0, 0.1) is 13.8 Å². The molecule has 3 heteroatoms. The Hall–Kier alpha value is -4.11. The van der Waals surface area contributed by atoms with Gasteiger partial charge in [0.05, 0.1) is 0 Å². The second-order valence-electron chi connectivity index (χ2n) is 7.82. The van der Waals surface area contributed by atoms with Crippen molar-refractivity contribution in [2.24, 2.45) is 0 Å². The summed E-state index contributed by atoms with van der Waals surface area (Å²) in [5.74, 6) is -0.787. The van der Waals surface area contributed by atoms with Crippen LogP contribution >= 0.6 is 0 Å². The van der Waals surface area contributed by atoms with Gasteiger partial charge in [-0.25, -0.2) is 0 Å². The maximum absolute atomic E-state index is 13.7. The molecule has 0 atom stereocenters. The predicted molar refractivity (Wildman–Crippen MR) is 126 cm³/mol. The highest BCUT2D eigenvalue weighted by molar-refractivity contribution is 6.23. The maximum Gasteiger partial charge on any atom is 0.194 e. The van der Waals surface area contributed by atoms with Crippen molar-refractivity contribution in [3.63, 3.8) is 0 Å². The lowest BCUT2D eigenvalue weighted by Gasteiger charge is -2.13. The molecule has 0 N–H and O–H groups in total. The lowest BCUT2D eigenvalue weighted by molar-refractivity contribution is 0.0994. The number of carbonyl (C=O) groups is 3. The van der Waals surface area contributed by atoms with E-state index in [1.54, 1.807) is 72.8 Å². The summed E-state index contributed by atoms with van der Waals surface area (Å²) in [6, 6.07) is 28.2. The molecule has 0 spiro atoms. The molecule has 0 bridgehead atoms. The number of aryl methyl sites for hydroxylation is 2. The summed E-state index contributed by atoms with van der Waals surface area (Å²) in [7, 11) is 0. The van der Waals surface area contributed by atoms with Gasteiger partial charge in [-0.3, -0.25) is 14.4 Å². The highest BCUT2D eigenvalue weighted by Crippen LogP contribution is 2.24. The first-order valence-electron chi connectivity index (χ1n) is 10.4. The summed E-state index contributed by atoms with van der Waals surface area (Å²) >= 11 is 0. The highest BCUT2D eigenvalue weighted by atomic mass is 16.1. The Morgan fingerprint density at radius 2 is 0.812 bits per heavy atom. The average molecular weight is 418 g/mol. The fraction of sp³-hybridized carbons (Fsp3) is 0.0690. The number of ketones is 3.